The normalized spacial score (nSPS) is 11.0. The second-order valence-electron chi connectivity index (χ2n) is 6.82. The van der Waals surface area contributed by atoms with Crippen molar-refractivity contribution in [2.75, 3.05) is 23.3 Å². The van der Waals surface area contributed by atoms with Crippen molar-refractivity contribution in [2.45, 2.75) is 13.8 Å². The predicted octanol–water partition coefficient (Wildman–Crippen LogP) is 5.04. The van der Waals surface area contributed by atoms with Gasteiger partial charge in [-0.1, -0.05) is 36.4 Å². The maximum Gasteiger partial charge on any atom is 0.349 e. The molecule has 5 nitrogen and oxygen atoms in total. The van der Waals surface area contributed by atoms with Crippen molar-refractivity contribution in [3.8, 4) is 0 Å². The molecule has 0 bridgehead atoms. The molecular weight excluding hydrogens is 364 g/mol. The summed E-state index contributed by atoms with van der Waals surface area (Å²) >= 11 is 0. The van der Waals surface area contributed by atoms with Gasteiger partial charge in [0.1, 0.15) is 11.1 Å². The van der Waals surface area contributed by atoms with Crippen molar-refractivity contribution in [1.29, 1.82) is 0 Å². The summed E-state index contributed by atoms with van der Waals surface area (Å²) in [6, 6.07) is 20.7. The first-order chi connectivity index (χ1) is 14.1. The average molecular weight is 386 g/mol. The molecule has 5 heteroatoms. The third kappa shape index (κ3) is 3.59. The molecule has 1 N–H and O–H groups in total. The van der Waals surface area contributed by atoms with Gasteiger partial charge in [-0.2, -0.15) is 0 Å². The van der Waals surface area contributed by atoms with Crippen LogP contribution in [-0.4, -0.2) is 19.0 Å². The number of anilines is 2. The van der Waals surface area contributed by atoms with E-state index in [-0.39, 0.29) is 5.56 Å². The Balaban J connectivity index is 1.70. The Labute approximate surface area is 168 Å². The fourth-order valence-electron chi connectivity index (χ4n) is 3.57. The molecule has 4 aromatic rings. The molecule has 1 aromatic heterocycles. The predicted molar refractivity (Wildman–Crippen MR) is 118 cm³/mol. The molecule has 29 heavy (non-hydrogen) atoms. The molecule has 0 fully saturated rings. The first-order valence-corrected chi connectivity index (χ1v) is 9.72. The summed E-state index contributed by atoms with van der Waals surface area (Å²) in [5.74, 6) is -0.482. The van der Waals surface area contributed by atoms with E-state index in [0.29, 0.717) is 16.7 Å². The summed E-state index contributed by atoms with van der Waals surface area (Å²) in [5.41, 5.74) is 1.46. The van der Waals surface area contributed by atoms with Crippen molar-refractivity contribution < 1.29 is 9.21 Å². The molecule has 0 aliphatic rings. The third-order valence-electron chi connectivity index (χ3n) is 5.13. The fourth-order valence-corrected chi connectivity index (χ4v) is 3.57. The molecule has 3 aromatic carbocycles. The van der Waals surface area contributed by atoms with Crippen molar-refractivity contribution in [2.24, 2.45) is 0 Å². The lowest BCUT2D eigenvalue weighted by Crippen LogP contribution is -2.22. The minimum absolute atomic E-state index is 0.0129. The molecular formula is C24H22N2O3. The van der Waals surface area contributed by atoms with E-state index in [0.717, 1.165) is 29.5 Å². The lowest BCUT2D eigenvalue weighted by atomic mass is 10.1. The van der Waals surface area contributed by atoms with Crippen LogP contribution in [0.2, 0.25) is 0 Å². The van der Waals surface area contributed by atoms with Gasteiger partial charge in [0.05, 0.1) is 0 Å². The van der Waals surface area contributed by atoms with Crippen LogP contribution in [0.1, 0.15) is 24.2 Å². The van der Waals surface area contributed by atoms with E-state index in [9.17, 15) is 9.59 Å². The highest BCUT2D eigenvalue weighted by atomic mass is 16.4. The summed E-state index contributed by atoms with van der Waals surface area (Å²) in [6.45, 7) is 5.87. The van der Waals surface area contributed by atoms with Crippen molar-refractivity contribution in [3.05, 3.63) is 82.7 Å². The molecule has 0 aliphatic carbocycles. The molecule has 0 aliphatic heterocycles. The Morgan fingerprint density at radius 3 is 2.48 bits per heavy atom. The number of fused-ring (bicyclic) bond motifs is 2. The van der Waals surface area contributed by atoms with Gasteiger partial charge in [-0.3, -0.25) is 4.79 Å². The molecule has 1 heterocycles. The zero-order valence-electron chi connectivity index (χ0n) is 16.4. The topological polar surface area (TPSA) is 62.6 Å². The molecule has 0 spiro atoms. The second-order valence-corrected chi connectivity index (χ2v) is 6.82. The van der Waals surface area contributed by atoms with Crippen LogP contribution in [-0.2, 0) is 0 Å². The number of carbonyl (C=O) groups is 1. The van der Waals surface area contributed by atoms with Crippen LogP contribution < -0.4 is 15.8 Å². The average Bonchev–Trinajstić information content (AvgIpc) is 2.74. The van der Waals surface area contributed by atoms with Gasteiger partial charge in [-0.25, -0.2) is 4.79 Å². The molecule has 1 amide bonds. The van der Waals surface area contributed by atoms with E-state index in [4.69, 9.17) is 4.42 Å². The van der Waals surface area contributed by atoms with E-state index in [1.807, 2.05) is 60.7 Å². The van der Waals surface area contributed by atoms with Gasteiger partial charge in [0.15, 0.2) is 0 Å². The van der Waals surface area contributed by atoms with Crippen molar-refractivity contribution in [3.63, 3.8) is 0 Å². The van der Waals surface area contributed by atoms with Crippen LogP contribution in [0.5, 0.6) is 0 Å². The SMILES string of the molecule is CCN(CC)c1ccc2cc(C(=O)Nc3cccc4ccccc34)c(=O)oc2c1. The fraction of sp³-hybridized carbons (Fsp3) is 0.167. The van der Waals surface area contributed by atoms with Gasteiger partial charge in [-0.15, -0.1) is 0 Å². The zero-order valence-corrected chi connectivity index (χ0v) is 16.4. The van der Waals surface area contributed by atoms with Crippen LogP contribution in [0, 0.1) is 0 Å². The monoisotopic (exact) mass is 386 g/mol. The number of nitrogens with one attached hydrogen (secondary N) is 1. The Morgan fingerprint density at radius 2 is 1.69 bits per heavy atom. The second kappa shape index (κ2) is 7.80. The highest BCUT2D eigenvalue weighted by Gasteiger charge is 2.16. The van der Waals surface area contributed by atoms with E-state index < -0.39 is 11.5 Å². The lowest BCUT2D eigenvalue weighted by Gasteiger charge is -2.21. The van der Waals surface area contributed by atoms with Crippen LogP contribution in [0.4, 0.5) is 11.4 Å². The number of hydrogen-bond acceptors (Lipinski definition) is 4. The van der Waals surface area contributed by atoms with Gasteiger partial charge < -0.3 is 14.6 Å². The minimum Gasteiger partial charge on any atom is -0.422 e. The number of rotatable bonds is 5. The highest BCUT2D eigenvalue weighted by Crippen LogP contribution is 2.25. The van der Waals surface area contributed by atoms with Gasteiger partial charge in [0.2, 0.25) is 0 Å². The van der Waals surface area contributed by atoms with Crippen LogP contribution >= 0.6 is 0 Å². The van der Waals surface area contributed by atoms with E-state index >= 15 is 0 Å². The number of benzene rings is 3. The summed E-state index contributed by atoms with van der Waals surface area (Å²) in [6.07, 6.45) is 0. The smallest absolute Gasteiger partial charge is 0.349 e. The molecule has 0 atom stereocenters. The third-order valence-corrected chi connectivity index (χ3v) is 5.13. The van der Waals surface area contributed by atoms with Gasteiger partial charge >= 0.3 is 5.63 Å². The van der Waals surface area contributed by atoms with Crippen LogP contribution in [0.3, 0.4) is 0 Å². The number of amides is 1. The summed E-state index contributed by atoms with van der Waals surface area (Å²) in [7, 11) is 0. The van der Waals surface area contributed by atoms with E-state index in [2.05, 4.69) is 24.1 Å². The summed E-state index contributed by atoms with van der Waals surface area (Å²) in [5, 5.41) is 5.49. The van der Waals surface area contributed by atoms with Crippen molar-refractivity contribution >= 4 is 39.0 Å². The van der Waals surface area contributed by atoms with Gasteiger partial charge in [0.25, 0.3) is 5.91 Å². The number of nitrogens with zero attached hydrogens (tertiary/aromatic N) is 1. The summed E-state index contributed by atoms with van der Waals surface area (Å²) < 4.78 is 5.48. The quantitative estimate of drug-likeness (QED) is 0.488. The molecule has 0 saturated heterocycles. The van der Waals surface area contributed by atoms with Gasteiger partial charge in [0, 0.05) is 41.3 Å². The van der Waals surface area contributed by atoms with Gasteiger partial charge in [-0.05, 0) is 43.5 Å². The van der Waals surface area contributed by atoms with Crippen LogP contribution in [0.25, 0.3) is 21.7 Å². The lowest BCUT2D eigenvalue weighted by molar-refractivity contribution is 0.102. The Hall–Kier alpha value is -3.60. The Bertz CT molecular complexity index is 1250. The molecule has 0 unspecified atom stereocenters. The summed E-state index contributed by atoms with van der Waals surface area (Å²) in [4.78, 5) is 27.5. The van der Waals surface area contributed by atoms with Crippen molar-refractivity contribution in [1.82, 2.24) is 0 Å². The standard InChI is InChI=1S/C24H22N2O3/c1-3-26(4-2)18-13-12-17-14-20(24(28)29-22(17)15-18)23(27)25-21-11-7-9-16-8-5-6-10-19(16)21/h5-15H,3-4H2,1-2H3,(H,25,27). The molecule has 4 rings (SSSR count). The maximum atomic E-state index is 12.8. The first-order valence-electron chi connectivity index (χ1n) is 9.72. The molecule has 0 radical (unpaired) electrons. The maximum absolute atomic E-state index is 12.8. The zero-order chi connectivity index (χ0) is 20.4. The first kappa shape index (κ1) is 18.7. The molecule has 146 valence electrons. The number of hydrogen-bond donors (Lipinski definition) is 1. The number of carbonyl (C=O) groups excluding carboxylic acids is 1. The minimum atomic E-state index is -0.646. The molecule has 0 saturated carbocycles. The van der Waals surface area contributed by atoms with Crippen LogP contribution in [0.15, 0.2) is 75.9 Å². The van der Waals surface area contributed by atoms with E-state index in [1.54, 1.807) is 6.07 Å². The highest BCUT2D eigenvalue weighted by molar-refractivity contribution is 6.09. The largest absolute Gasteiger partial charge is 0.422 e. The Morgan fingerprint density at radius 1 is 0.931 bits per heavy atom. The van der Waals surface area contributed by atoms with E-state index in [1.165, 1.54) is 0 Å². The Kier molecular flexibility index (Phi) is 5.04.